The molecule has 0 radical (unpaired) electrons. The first kappa shape index (κ1) is 16.5. The molecule has 0 fully saturated rings. The quantitative estimate of drug-likeness (QED) is 0.496. The number of thioether (sulfide) groups is 1. The number of carbonyl (C=O) groups excluding carboxylic acids is 1. The van der Waals surface area contributed by atoms with E-state index in [1.165, 1.54) is 11.8 Å². The second-order valence-electron chi connectivity index (χ2n) is 4.79. The van der Waals surface area contributed by atoms with Crippen molar-refractivity contribution < 1.29 is 9.53 Å². The lowest BCUT2D eigenvalue weighted by Gasteiger charge is -2.05. The number of methoxy groups -OCH3 is 1. The average molecular weight is 361 g/mol. The van der Waals surface area contributed by atoms with E-state index in [4.69, 9.17) is 16.3 Å². The molecule has 0 saturated heterocycles. The highest BCUT2D eigenvalue weighted by Gasteiger charge is 2.13. The molecule has 1 aromatic heterocycles. The van der Waals surface area contributed by atoms with Crippen LogP contribution in [0.1, 0.15) is 10.4 Å². The minimum atomic E-state index is -0.0130. The number of hydrogen-bond acceptors (Lipinski definition) is 6. The monoisotopic (exact) mass is 360 g/mol. The molecule has 0 bridgehead atoms. The molecule has 0 aliphatic carbocycles. The van der Waals surface area contributed by atoms with E-state index in [2.05, 4.69) is 15.5 Å². The van der Waals surface area contributed by atoms with E-state index in [-0.39, 0.29) is 11.5 Å². The molecule has 0 saturated carbocycles. The van der Waals surface area contributed by atoms with Gasteiger partial charge in [-0.05, 0) is 59.0 Å². The molecule has 0 unspecified atom stereocenters. The van der Waals surface area contributed by atoms with Gasteiger partial charge in [-0.25, -0.2) is 0 Å². The predicted octanol–water partition coefficient (Wildman–Crippen LogP) is 3.30. The SMILES string of the molecule is COc1ccc(-n2nnnc2SCC(=O)c2ccc(Cl)cc2)cc1. The molecule has 24 heavy (non-hydrogen) atoms. The van der Waals surface area contributed by atoms with Crippen LogP contribution < -0.4 is 4.74 Å². The zero-order valence-electron chi connectivity index (χ0n) is 12.7. The molecule has 0 aliphatic heterocycles. The summed E-state index contributed by atoms with van der Waals surface area (Å²) in [4.78, 5) is 12.2. The molecule has 6 nitrogen and oxygen atoms in total. The van der Waals surface area contributed by atoms with Crippen LogP contribution in [0.3, 0.4) is 0 Å². The molecule has 3 aromatic rings. The van der Waals surface area contributed by atoms with Gasteiger partial charge in [-0.15, -0.1) is 5.10 Å². The topological polar surface area (TPSA) is 69.9 Å². The second-order valence-corrected chi connectivity index (χ2v) is 6.17. The van der Waals surface area contributed by atoms with E-state index >= 15 is 0 Å². The highest BCUT2D eigenvalue weighted by Crippen LogP contribution is 2.21. The Morgan fingerprint density at radius 2 is 1.88 bits per heavy atom. The first-order chi connectivity index (χ1) is 11.7. The standard InChI is InChI=1S/C16H13ClN4O2S/c1-23-14-8-6-13(7-9-14)21-16(18-19-20-21)24-10-15(22)11-2-4-12(17)5-3-11/h2-9H,10H2,1H3. The van der Waals surface area contributed by atoms with Crippen LogP contribution in [0.4, 0.5) is 0 Å². The van der Waals surface area contributed by atoms with Gasteiger partial charge >= 0.3 is 0 Å². The third kappa shape index (κ3) is 3.74. The third-order valence-electron chi connectivity index (χ3n) is 3.26. The van der Waals surface area contributed by atoms with Crippen molar-refractivity contribution in [3.05, 3.63) is 59.1 Å². The summed E-state index contributed by atoms with van der Waals surface area (Å²) in [5.74, 6) is 0.970. The van der Waals surface area contributed by atoms with Crippen molar-refractivity contribution in [2.45, 2.75) is 5.16 Å². The number of Topliss-reactive ketones (excluding diaryl/α,β-unsaturated/α-hetero) is 1. The average Bonchev–Trinajstić information content (AvgIpc) is 3.09. The van der Waals surface area contributed by atoms with Gasteiger partial charge in [0.05, 0.1) is 18.6 Å². The minimum absolute atomic E-state index is 0.0130. The summed E-state index contributed by atoms with van der Waals surface area (Å²) in [6, 6.07) is 14.1. The molecule has 8 heteroatoms. The van der Waals surface area contributed by atoms with Crippen molar-refractivity contribution in [2.75, 3.05) is 12.9 Å². The number of rotatable bonds is 6. The molecular formula is C16H13ClN4O2S. The van der Waals surface area contributed by atoms with Crippen molar-refractivity contribution in [1.29, 1.82) is 0 Å². The van der Waals surface area contributed by atoms with Gasteiger partial charge in [0.2, 0.25) is 5.16 Å². The molecule has 0 amide bonds. The molecular weight excluding hydrogens is 348 g/mol. The van der Waals surface area contributed by atoms with Crippen LogP contribution in [0.5, 0.6) is 5.75 Å². The summed E-state index contributed by atoms with van der Waals surface area (Å²) in [5, 5.41) is 12.8. The summed E-state index contributed by atoms with van der Waals surface area (Å²) in [6.45, 7) is 0. The fraction of sp³-hybridized carbons (Fsp3) is 0.125. The number of ketones is 1. The van der Waals surface area contributed by atoms with Gasteiger partial charge in [-0.2, -0.15) is 4.68 Å². The number of benzene rings is 2. The van der Waals surface area contributed by atoms with E-state index < -0.39 is 0 Å². The number of tetrazole rings is 1. The largest absolute Gasteiger partial charge is 0.497 e. The summed E-state index contributed by atoms with van der Waals surface area (Å²) in [7, 11) is 1.61. The van der Waals surface area contributed by atoms with Crippen LogP contribution in [0.2, 0.25) is 5.02 Å². The zero-order chi connectivity index (χ0) is 16.9. The summed E-state index contributed by atoms with van der Waals surface area (Å²) in [6.07, 6.45) is 0. The zero-order valence-corrected chi connectivity index (χ0v) is 14.3. The van der Waals surface area contributed by atoms with Gasteiger partial charge in [-0.1, -0.05) is 23.4 Å². The molecule has 2 aromatic carbocycles. The highest BCUT2D eigenvalue weighted by atomic mass is 35.5. The number of ether oxygens (including phenoxy) is 1. The third-order valence-corrected chi connectivity index (χ3v) is 4.43. The number of nitrogens with zero attached hydrogens (tertiary/aromatic N) is 4. The minimum Gasteiger partial charge on any atom is -0.497 e. The molecule has 3 rings (SSSR count). The van der Waals surface area contributed by atoms with Crippen LogP contribution >= 0.6 is 23.4 Å². The maximum atomic E-state index is 12.2. The van der Waals surface area contributed by atoms with Crippen molar-refractivity contribution in [3.63, 3.8) is 0 Å². The smallest absolute Gasteiger partial charge is 0.214 e. The van der Waals surface area contributed by atoms with Crippen molar-refractivity contribution in [2.24, 2.45) is 0 Å². The first-order valence-corrected chi connectivity index (χ1v) is 8.38. The molecule has 0 spiro atoms. The van der Waals surface area contributed by atoms with Crippen LogP contribution in [0.25, 0.3) is 5.69 Å². The Kier molecular flexibility index (Phi) is 5.12. The predicted molar refractivity (Wildman–Crippen MR) is 92.2 cm³/mol. The fourth-order valence-electron chi connectivity index (χ4n) is 2.00. The normalized spacial score (nSPS) is 10.6. The number of halogens is 1. The van der Waals surface area contributed by atoms with E-state index in [0.29, 0.717) is 15.7 Å². The number of hydrogen-bond donors (Lipinski definition) is 0. The van der Waals surface area contributed by atoms with Gasteiger partial charge in [0, 0.05) is 10.6 Å². The molecule has 122 valence electrons. The summed E-state index contributed by atoms with van der Waals surface area (Å²) in [5.41, 5.74) is 1.40. The molecule has 0 atom stereocenters. The maximum Gasteiger partial charge on any atom is 0.214 e. The highest BCUT2D eigenvalue weighted by molar-refractivity contribution is 7.99. The Labute approximate surface area is 147 Å². The molecule has 0 aliphatic rings. The number of carbonyl (C=O) groups is 1. The van der Waals surface area contributed by atoms with Gasteiger partial charge in [0.15, 0.2) is 5.78 Å². The van der Waals surface area contributed by atoms with Gasteiger partial charge in [0.25, 0.3) is 0 Å². The van der Waals surface area contributed by atoms with Gasteiger partial charge < -0.3 is 4.74 Å². The van der Waals surface area contributed by atoms with Crippen molar-refractivity contribution >= 4 is 29.1 Å². The van der Waals surface area contributed by atoms with Gasteiger partial charge in [-0.3, -0.25) is 4.79 Å². The molecule has 1 heterocycles. The van der Waals surface area contributed by atoms with Crippen molar-refractivity contribution in [1.82, 2.24) is 20.2 Å². The van der Waals surface area contributed by atoms with E-state index in [0.717, 1.165) is 11.4 Å². The fourth-order valence-corrected chi connectivity index (χ4v) is 2.91. The van der Waals surface area contributed by atoms with Crippen LogP contribution in [-0.2, 0) is 0 Å². The Bertz CT molecular complexity index is 834. The lowest BCUT2D eigenvalue weighted by atomic mass is 10.1. The van der Waals surface area contributed by atoms with E-state index in [1.54, 1.807) is 36.1 Å². The summed E-state index contributed by atoms with van der Waals surface area (Å²) < 4.78 is 6.72. The van der Waals surface area contributed by atoms with E-state index in [1.807, 2.05) is 24.3 Å². The lowest BCUT2D eigenvalue weighted by Crippen LogP contribution is -2.05. The Balaban J connectivity index is 1.71. The first-order valence-electron chi connectivity index (χ1n) is 7.02. The maximum absolute atomic E-state index is 12.2. The van der Waals surface area contributed by atoms with E-state index in [9.17, 15) is 4.79 Å². The Hall–Kier alpha value is -2.38. The lowest BCUT2D eigenvalue weighted by molar-refractivity contribution is 0.102. The van der Waals surface area contributed by atoms with Gasteiger partial charge in [0.1, 0.15) is 5.75 Å². The van der Waals surface area contributed by atoms with Crippen molar-refractivity contribution in [3.8, 4) is 11.4 Å². The Morgan fingerprint density at radius 1 is 1.17 bits per heavy atom. The Morgan fingerprint density at radius 3 is 2.54 bits per heavy atom. The van der Waals surface area contributed by atoms with Crippen LogP contribution in [0, 0.1) is 0 Å². The number of aromatic nitrogens is 4. The second kappa shape index (κ2) is 7.46. The van der Waals surface area contributed by atoms with Crippen LogP contribution in [0.15, 0.2) is 53.7 Å². The summed E-state index contributed by atoms with van der Waals surface area (Å²) >= 11 is 7.11. The van der Waals surface area contributed by atoms with Crippen LogP contribution in [-0.4, -0.2) is 38.9 Å². The molecule has 0 N–H and O–H groups in total.